The molecule has 0 N–H and O–H groups in total. The van der Waals surface area contributed by atoms with Crippen LogP contribution in [0, 0.1) is 0 Å². The maximum atomic E-state index is 9.90. The molecule has 2 atom stereocenters. The van der Waals surface area contributed by atoms with Crippen molar-refractivity contribution in [3.63, 3.8) is 0 Å². The summed E-state index contributed by atoms with van der Waals surface area (Å²) >= 11 is 0. The maximum absolute atomic E-state index is 9.90. The number of hydrogen-bond acceptors (Lipinski definition) is 4. The summed E-state index contributed by atoms with van der Waals surface area (Å²) in [5.41, 5.74) is 0. The fourth-order valence-corrected chi connectivity index (χ4v) is 1.26. The van der Waals surface area contributed by atoms with Crippen LogP contribution in [-0.2, 0) is 19.0 Å². The van der Waals surface area contributed by atoms with Gasteiger partial charge in [0.1, 0.15) is 12.7 Å². The fourth-order valence-electron chi connectivity index (χ4n) is 1.26. The Balaban J connectivity index is 2.08. The second-order valence-electron chi connectivity index (χ2n) is 3.09. The SMILES string of the molecule is CCCCC1OCC(COC=O)O1. The molecule has 13 heavy (non-hydrogen) atoms. The molecule has 1 heterocycles. The standard InChI is InChI=1S/C9H16O4/c1-2-3-4-9-12-6-8(13-9)5-11-7-10/h7-9H,2-6H2,1H3. The lowest BCUT2D eigenvalue weighted by atomic mass is 10.2. The first kappa shape index (κ1) is 10.5. The molecular formula is C9H16O4. The molecule has 0 aromatic rings. The van der Waals surface area contributed by atoms with E-state index in [4.69, 9.17) is 9.47 Å². The van der Waals surface area contributed by atoms with Crippen molar-refractivity contribution in [2.24, 2.45) is 0 Å². The third-order valence-electron chi connectivity index (χ3n) is 1.96. The quantitative estimate of drug-likeness (QED) is 0.585. The van der Waals surface area contributed by atoms with Gasteiger partial charge in [0.2, 0.25) is 0 Å². The van der Waals surface area contributed by atoms with E-state index in [1.165, 1.54) is 0 Å². The van der Waals surface area contributed by atoms with Crippen molar-refractivity contribution in [1.82, 2.24) is 0 Å². The second-order valence-corrected chi connectivity index (χ2v) is 3.09. The van der Waals surface area contributed by atoms with Gasteiger partial charge in [-0.05, 0) is 12.8 Å². The summed E-state index contributed by atoms with van der Waals surface area (Å²) in [6.07, 6.45) is 2.99. The van der Waals surface area contributed by atoms with Crippen molar-refractivity contribution in [2.45, 2.75) is 38.6 Å². The van der Waals surface area contributed by atoms with Gasteiger partial charge in [-0.15, -0.1) is 0 Å². The average molecular weight is 188 g/mol. The first-order valence-electron chi connectivity index (χ1n) is 4.69. The molecule has 1 aliphatic heterocycles. The lowest BCUT2D eigenvalue weighted by Gasteiger charge is -2.09. The molecule has 1 saturated heterocycles. The van der Waals surface area contributed by atoms with Gasteiger partial charge in [0, 0.05) is 0 Å². The van der Waals surface area contributed by atoms with E-state index < -0.39 is 0 Å². The Hall–Kier alpha value is -0.610. The summed E-state index contributed by atoms with van der Waals surface area (Å²) in [6, 6.07) is 0. The number of unbranched alkanes of at least 4 members (excludes halogenated alkanes) is 1. The van der Waals surface area contributed by atoms with E-state index in [-0.39, 0.29) is 12.4 Å². The van der Waals surface area contributed by atoms with E-state index in [9.17, 15) is 4.79 Å². The van der Waals surface area contributed by atoms with Crippen molar-refractivity contribution >= 4 is 6.47 Å². The first-order chi connectivity index (χ1) is 6.36. The van der Waals surface area contributed by atoms with Gasteiger partial charge in [0.15, 0.2) is 6.29 Å². The molecule has 0 aliphatic carbocycles. The van der Waals surface area contributed by atoms with Gasteiger partial charge in [-0.25, -0.2) is 0 Å². The van der Waals surface area contributed by atoms with Gasteiger partial charge >= 0.3 is 0 Å². The predicted molar refractivity (Wildman–Crippen MR) is 46.2 cm³/mol. The van der Waals surface area contributed by atoms with Crippen LogP contribution >= 0.6 is 0 Å². The van der Waals surface area contributed by atoms with Gasteiger partial charge in [0.25, 0.3) is 6.47 Å². The molecular weight excluding hydrogens is 172 g/mol. The average Bonchev–Trinajstić information content (AvgIpc) is 2.59. The van der Waals surface area contributed by atoms with Crippen LogP contribution in [0.15, 0.2) is 0 Å². The summed E-state index contributed by atoms with van der Waals surface area (Å²) in [5, 5.41) is 0. The van der Waals surface area contributed by atoms with Crippen molar-refractivity contribution in [1.29, 1.82) is 0 Å². The smallest absolute Gasteiger partial charge is 0.293 e. The molecule has 0 bridgehead atoms. The lowest BCUT2D eigenvalue weighted by molar-refractivity contribution is -0.133. The van der Waals surface area contributed by atoms with Crippen molar-refractivity contribution in [3.05, 3.63) is 0 Å². The van der Waals surface area contributed by atoms with E-state index in [1.54, 1.807) is 0 Å². The fraction of sp³-hybridized carbons (Fsp3) is 0.889. The highest BCUT2D eigenvalue weighted by atomic mass is 16.7. The van der Waals surface area contributed by atoms with Gasteiger partial charge in [-0.3, -0.25) is 4.79 Å². The summed E-state index contributed by atoms with van der Waals surface area (Å²) in [7, 11) is 0. The highest BCUT2D eigenvalue weighted by molar-refractivity contribution is 5.36. The Labute approximate surface area is 78.2 Å². The van der Waals surface area contributed by atoms with Crippen LogP contribution in [0.25, 0.3) is 0 Å². The second kappa shape index (κ2) is 5.94. The molecule has 4 nitrogen and oxygen atoms in total. The van der Waals surface area contributed by atoms with E-state index in [0.29, 0.717) is 19.7 Å². The zero-order valence-corrected chi connectivity index (χ0v) is 7.90. The minimum absolute atomic E-state index is 0.0768. The topological polar surface area (TPSA) is 44.8 Å². The normalized spacial score (nSPS) is 27.5. The van der Waals surface area contributed by atoms with Crippen LogP contribution in [0.1, 0.15) is 26.2 Å². The molecule has 0 radical (unpaired) electrons. The Kier molecular flexibility index (Phi) is 4.78. The number of rotatable bonds is 6. The summed E-state index contributed by atoms with van der Waals surface area (Å²) in [6.45, 7) is 3.39. The zero-order chi connectivity index (χ0) is 9.52. The predicted octanol–water partition coefficient (Wildman–Crippen LogP) is 1.09. The van der Waals surface area contributed by atoms with Crippen molar-refractivity contribution < 1.29 is 19.0 Å². The van der Waals surface area contributed by atoms with Gasteiger partial charge < -0.3 is 14.2 Å². The highest BCUT2D eigenvalue weighted by Crippen LogP contribution is 2.16. The Morgan fingerprint density at radius 2 is 2.46 bits per heavy atom. The number of ether oxygens (including phenoxy) is 3. The minimum Gasteiger partial charge on any atom is -0.465 e. The third-order valence-corrected chi connectivity index (χ3v) is 1.96. The number of carbonyl (C=O) groups excluding carboxylic acids is 1. The molecule has 0 amide bonds. The molecule has 0 spiro atoms. The van der Waals surface area contributed by atoms with Crippen LogP contribution in [-0.4, -0.2) is 32.1 Å². The van der Waals surface area contributed by atoms with E-state index in [1.807, 2.05) is 0 Å². The molecule has 2 unspecified atom stereocenters. The maximum Gasteiger partial charge on any atom is 0.293 e. The largest absolute Gasteiger partial charge is 0.465 e. The summed E-state index contributed by atoms with van der Waals surface area (Å²) < 4.78 is 15.4. The van der Waals surface area contributed by atoms with Gasteiger partial charge in [-0.1, -0.05) is 13.3 Å². The lowest BCUT2D eigenvalue weighted by Crippen LogP contribution is -2.18. The van der Waals surface area contributed by atoms with Crippen LogP contribution < -0.4 is 0 Å². The molecule has 1 fully saturated rings. The minimum atomic E-state index is -0.0970. The number of hydrogen-bond donors (Lipinski definition) is 0. The van der Waals surface area contributed by atoms with E-state index >= 15 is 0 Å². The van der Waals surface area contributed by atoms with Crippen LogP contribution in [0.2, 0.25) is 0 Å². The van der Waals surface area contributed by atoms with Gasteiger partial charge in [-0.2, -0.15) is 0 Å². The molecule has 0 aromatic heterocycles. The van der Waals surface area contributed by atoms with Crippen molar-refractivity contribution in [3.8, 4) is 0 Å². The van der Waals surface area contributed by atoms with Gasteiger partial charge in [0.05, 0.1) is 6.61 Å². The summed E-state index contributed by atoms with van der Waals surface area (Å²) in [4.78, 5) is 9.90. The number of carbonyl (C=O) groups is 1. The molecule has 76 valence electrons. The molecule has 1 aliphatic rings. The Morgan fingerprint density at radius 1 is 1.62 bits per heavy atom. The Morgan fingerprint density at radius 3 is 3.15 bits per heavy atom. The Bertz CT molecular complexity index is 149. The highest BCUT2D eigenvalue weighted by Gasteiger charge is 2.25. The molecule has 1 rings (SSSR count). The van der Waals surface area contributed by atoms with Crippen molar-refractivity contribution in [2.75, 3.05) is 13.2 Å². The van der Waals surface area contributed by atoms with Crippen LogP contribution in [0.5, 0.6) is 0 Å². The third kappa shape index (κ3) is 3.74. The van der Waals surface area contributed by atoms with E-state index in [0.717, 1.165) is 19.3 Å². The van der Waals surface area contributed by atoms with Crippen LogP contribution in [0.4, 0.5) is 0 Å². The monoisotopic (exact) mass is 188 g/mol. The zero-order valence-electron chi connectivity index (χ0n) is 7.90. The molecule has 0 saturated carbocycles. The van der Waals surface area contributed by atoms with E-state index in [2.05, 4.69) is 11.7 Å². The molecule has 4 heteroatoms. The molecule has 0 aromatic carbocycles. The van der Waals surface area contributed by atoms with Crippen LogP contribution in [0.3, 0.4) is 0 Å². The first-order valence-corrected chi connectivity index (χ1v) is 4.69. The summed E-state index contributed by atoms with van der Waals surface area (Å²) in [5.74, 6) is 0.